The molecule has 0 bridgehead atoms. The minimum Gasteiger partial charge on any atom is -0.493 e. The van der Waals surface area contributed by atoms with Gasteiger partial charge in [-0.3, -0.25) is 4.79 Å². The fourth-order valence-electron chi connectivity index (χ4n) is 4.00. The summed E-state index contributed by atoms with van der Waals surface area (Å²) in [5.74, 6) is 2.84. The Morgan fingerprint density at radius 2 is 1.83 bits per heavy atom. The van der Waals surface area contributed by atoms with Crippen LogP contribution in [0.5, 0.6) is 23.0 Å². The van der Waals surface area contributed by atoms with E-state index in [9.17, 15) is 4.79 Å². The molecule has 2 aromatic carbocycles. The average molecular weight is 411 g/mol. The van der Waals surface area contributed by atoms with Crippen LogP contribution < -0.4 is 24.3 Å². The van der Waals surface area contributed by atoms with Crippen LogP contribution in [-0.4, -0.2) is 32.3 Å². The van der Waals surface area contributed by atoms with Gasteiger partial charge in [0.15, 0.2) is 23.0 Å². The zero-order valence-corrected chi connectivity index (χ0v) is 17.6. The van der Waals surface area contributed by atoms with E-state index in [4.69, 9.17) is 18.9 Å². The molecule has 30 heavy (non-hydrogen) atoms. The predicted octanol–water partition coefficient (Wildman–Crippen LogP) is 4.21. The van der Waals surface area contributed by atoms with Gasteiger partial charge in [0.25, 0.3) is 0 Å². The van der Waals surface area contributed by atoms with Crippen LogP contribution in [-0.2, 0) is 11.2 Å². The first-order valence-corrected chi connectivity index (χ1v) is 10.6. The highest BCUT2D eigenvalue weighted by Gasteiger charge is 2.20. The lowest BCUT2D eigenvalue weighted by atomic mass is 10.1. The van der Waals surface area contributed by atoms with Gasteiger partial charge in [0.2, 0.25) is 5.91 Å². The lowest BCUT2D eigenvalue weighted by Crippen LogP contribution is -2.28. The minimum absolute atomic E-state index is 0.0515. The fraction of sp³-hybridized carbons (Fsp3) is 0.458. The van der Waals surface area contributed by atoms with Gasteiger partial charge >= 0.3 is 0 Å². The van der Waals surface area contributed by atoms with Crippen molar-refractivity contribution in [1.82, 2.24) is 5.32 Å². The second-order valence-corrected chi connectivity index (χ2v) is 7.88. The van der Waals surface area contributed by atoms with Crippen molar-refractivity contribution in [1.29, 1.82) is 0 Å². The van der Waals surface area contributed by atoms with E-state index >= 15 is 0 Å². The molecule has 1 amide bonds. The molecule has 1 fully saturated rings. The molecule has 1 heterocycles. The maximum absolute atomic E-state index is 12.6. The third kappa shape index (κ3) is 4.81. The molecular formula is C24H29NO5. The summed E-state index contributed by atoms with van der Waals surface area (Å²) in [6.45, 7) is 3.05. The molecule has 6 nitrogen and oxygen atoms in total. The summed E-state index contributed by atoms with van der Waals surface area (Å²) in [5, 5.41) is 3.06. The lowest BCUT2D eigenvalue weighted by molar-refractivity contribution is -0.121. The van der Waals surface area contributed by atoms with Crippen LogP contribution in [0.2, 0.25) is 0 Å². The largest absolute Gasteiger partial charge is 0.493 e. The summed E-state index contributed by atoms with van der Waals surface area (Å²) in [6.07, 6.45) is 5.18. The van der Waals surface area contributed by atoms with E-state index in [0.717, 1.165) is 35.5 Å². The number of ether oxygens (including phenoxy) is 4. The molecule has 1 aliphatic carbocycles. The summed E-state index contributed by atoms with van der Waals surface area (Å²) < 4.78 is 22.8. The molecule has 1 atom stereocenters. The Hall–Kier alpha value is -2.89. The SMILES string of the molecule is COc1cc([C@H](C)NC(=O)Cc2ccc3c(c2)OCCO3)ccc1OC1CCCC1. The second-order valence-electron chi connectivity index (χ2n) is 7.88. The van der Waals surface area contributed by atoms with Gasteiger partial charge in [-0.25, -0.2) is 0 Å². The topological polar surface area (TPSA) is 66.0 Å². The Bertz CT molecular complexity index is 891. The van der Waals surface area contributed by atoms with Crippen molar-refractivity contribution in [3.63, 3.8) is 0 Å². The molecule has 0 saturated heterocycles. The Morgan fingerprint density at radius 1 is 1.07 bits per heavy atom. The second kappa shape index (κ2) is 9.28. The van der Waals surface area contributed by atoms with Crippen LogP contribution in [0.3, 0.4) is 0 Å². The van der Waals surface area contributed by atoms with Gasteiger partial charge in [-0.1, -0.05) is 12.1 Å². The number of benzene rings is 2. The van der Waals surface area contributed by atoms with Crippen molar-refractivity contribution in [2.45, 2.75) is 51.2 Å². The van der Waals surface area contributed by atoms with Gasteiger partial charge < -0.3 is 24.3 Å². The van der Waals surface area contributed by atoms with Crippen molar-refractivity contribution in [3.8, 4) is 23.0 Å². The van der Waals surface area contributed by atoms with Crippen LogP contribution in [0.15, 0.2) is 36.4 Å². The molecule has 2 aromatic rings. The van der Waals surface area contributed by atoms with E-state index in [-0.39, 0.29) is 24.5 Å². The van der Waals surface area contributed by atoms with Crippen molar-refractivity contribution in [2.24, 2.45) is 0 Å². The lowest BCUT2D eigenvalue weighted by Gasteiger charge is -2.20. The van der Waals surface area contributed by atoms with Crippen molar-refractivity contribution < 1.29 is 23.7 Å². The highest BCUT2D eigenvalue weighted by molar-refractivity contribution is 5.79. The van der Waals surface area contributed by atoms with E-state index in [2.05, 4.69) is 5.32 Å². The first-order valence-electron chi connectivity index (χ1n) is 10.6. The van der Waals surface area contributed by atoms with Gasteiger partial charge in [0.1, 0.15) is 13.2 Å². The summed E-state index contributed by atoms with van der Waals surface area (Å²) in [5.41, 5.74) is 1.86. The Labute approximate surface area is 177 Å². The van der Waals surface area contributed by atoms with Gasteiger partial charge in [-0.15, -0.1) is 0 Å². The van der Waals surface area contributed by atoms with Gasteiger partial charge in [0, 0.05) is 0 Å². The molecule has 0 spiro atoms. The van der Waals surface area contributed by atoms with Crippen LogP contribution in [0.4, 0.5) is 0 Å². The van der Waals surface area contributed by atoms with Crippen LogP contribution >= 0.6 is 0 Å². The highest BCUT2D eigenvalue weighted by Crippen LogP contribution is 2.34. The van der Waals surface area contributed by atoms with Crippen molar-refractivity contribution >= 4 is 5.91 Å². The van der Waals surface area contributed by atoms with Gasteiger partial charge in [0.05, 0.1) is 25.7 Å². The van der Waals surface area contributed by atoms with Crippen LogP contribution in [0, 0.1) is 0 Å². The molecule has 4 rings (SSSR count). The maximum atomic E-state index is 12.6. The Kier molecular flexibility index (Phi) is 6.31. The minimum atomic E-state index is -0.149. The molecule has 0 unspecified atom stereocenters. The summed E-state index contributed by atoms with van der Waals surface area (Å²) in [7, 11) is 1.64. The Morgan fingerprint density at radius 3 is 2.60 bits per heavy atom. The molecule has 2 aliphatic rings. The first kappa shape index (κ1) is 20.4. The smallest absolute Gasteiger partial charge is 0.224 e. The standard InChI is InChI=1S/C24H29NO5/c1-16(18-8-10-21(22(15-18)27-2)30-19-5-3-4-6-19)25-24(26)14-17-7-9-20-23(13-17)29-12-11-28-20/h7-10,13,15-16,19H,3-6,11-12,14H2,1-2H3,(H,25,26)/t16-/m0/s1. The predicted molar refractivity (Wildman–Crippen MR) is 114 cm³/mol. The molecule has 1 saturated carbocycles. The maximum Gasteiger partial charge on any atom is 0.224 e. The molecular weight excluding hydrogens is 382 g/mol. The molecule has 6 heteroatoms. The number of hydrogen-bond donors (Lipinski definition) is 1. The van der Waals surface area contributed by atoms with Crippen LogP contribution in [0.25, 0.3) is 0 Å². The number of nitrogens with one attached hydrogen (secondary N) is 1. The van der Waals surface area contributed by atoms with E-state index in [1.165, 1.54) is 12.8 Å². The Balaban J connectivity index is 1.37. The van der Waals surface area contributed by atoms with E-state index in [1.807, 2.05) is 43.3 Å². The molecule has 160 valence electrons. The van der Waals surface area contributed by atoms with E-state index < -0.39 is 0 Å². The number of carbonyl (C=O) groups is 1. The van der Waals surface area contributed by atoms with Crippen LogP contribution in [0.1, 0.15) is 49.8 Å². The van der Waals surface area contributed by atoms with E-state index in [0.29, 0.717) is 24.7 Å². The summed E-state index contributed by atoms with van der Waals surface area (Å²) >= 11 is 0. The monoisotopic (exact) mass is 411 g/mol. The number of methoxy groups -OCH3 is 1. The molecule has 0 radical (unpaired) electrons. The number of fused-ring (bicyclic) bond motifs is 1. The summed E-state index contributed by atoms with van der Waals surface area (Å²) in [4.78, 5) is 12.6. The quantitative estimate of drug-likeness (QED) is 0.739. The third-order valence-electron chi connectivity index (χ3n) is 5.63. The zero-order valence-electron chi connectivity index (χ0n) is 17.6. The highest BCUT2D eigenvalue weighted by atomic mass is 16.6. The summed E-state index contributed by atoms with van der Waals surface area (Å²) in [6, 6.07) is 11.3. The van der Waals surface area contributed by atoms with Gasteiger partial charge in [-0.2, -0.15) is 0 Å². The number of carbonyl (C=O) groups excluding carboxylic acids is 1. The van der Waals surface area contributed by atoms with Gasteiger partial charge in [-0.05, 0) is 68.0 Å². The average Bonchev–Trinajstić information content (AvgIpc) is 3.27. The van der Waals surface area contributed by atoms with Crippen molar-refractivity contribution in [3.05, 3.63) is 47.5 Å². The zero-order chi connectivity index (χ0) is 20.9. The number of hydrogen-bond acceptors (Lipinski definition) is 5. The number of rotatable bonds is 7. The molecule has 0 aromatic heterocycles. The molecule has 1 aliphatic heterocycles. The molecule has 1 N–H and O–H groups in total. The first-order chi connectivity index (χ1) is 14.6. The van der Waals surface area contributed by atoms with E-state index in [1.54, 1.807) is 7.11 Å². The number of amides is 1. The fourth-order valence-corrected chi connectivity index (χ4v) is 4.00. The third-order valence-corrected chi connectivity index (χ3v) is 5.63. The normalized spacial score (nSPS) is 16.7. The van der Waals surface area contributed by atoms with Crippen molar-refractivity contribution in [2.75, 3.05) is 20.3 Å².